The highest BCUT2D eigenvalue weighted by Crippen LogP contribution is 2.29. The number of nitrogens with one attached hydrogen (secondary N) is 1. The number of rotatable bonds is 4. The standard InChI is InChI=1S/C14H19NO2/c1-11(16)12-4-6-13(7-5-12)15-10-14(17)8-2-3-9-14/h4-7,15,17H,2-3,8-10H2,1H3. The Bertz CT molecular complexity index is 391. The van der Waals surface area contributed by atoms with Crippen molar-refractivity contribution in [2.45, 2.75) is 38.2 Å². The second-order valence-electron chi connectivity index (χ2n) is 4.92. The van der Waals surface area contributed by atoms with Gasteiger partial charge in [0.05, 0.1) is 5.60 Å². The molecule has 1 aromatic rings. The number of hydrogen-bond donors (Lipinski definition) is 2. The number of hydrogen-bond acceptors (Lipinski definition) is 3. The van der Waals surface area contributed by atoms with Crippen LogP contribution >= 0.6 is 0 Å². The Kier molecular flexibility index (Phi) is 3.48. The van der Waals surface area contributed by atoms with E-state index in [9.17, 15) is 9.90 Å². The van der Waals surface area contributed by atoms with Gasteiger partial charge in [0.25, 0.3) is 0 Å². The molecule has 2 rings (SSSR count). The topological polar surface area (TPSA) is 49.3 Å². The molecule has 0 radical (unpaired) electrons. The van der Waals surface area contributed by atoms with E-state index in [1.165, 1.54) is 0 Å². The molecule has 1 aliphatic carbocycles. The monoisotopic (exact) mass is 233 g/mol. The summed E-state index contributed by atoms with van der Waals surface area (Å²) in [6.07, 6.45) is 3.99. The third-order valence-corrected chi connectivity index (χ3v) is 3.45. The molecule has 3 heteroatoms. The Labute approximate surface area is 102 Å². The minimum Gasteiger partial charge on any atom is -0.388 e. The fraction of sp³-hybridized carbons (Fsp3) is 0.500. The van der Waals surface area contributed by atoms with Gasteiger partial charge in [-0.2, -0.15) is 0 Å². The molecule has 0 heterocycles. The lowest BCUT2D eigenvalue weighted by atomic mass is 10.0. The first-order valence-electron chi connectivity index (χ1n) is 6.16. The van der Waals surface area contributed by atoms with E-state index in [0.717, 1.165) is 36.9 Å². The van der Waals surface area contributed by atoms with Crippen molar-refractivity contribution in [3.05, 3.63) is 29.8 Å². The summed E-state index contributed by atoms with van der Waals surface area (Å²) in [6.45, 7) is 2.15. The molecule has 0 aliphatic heterocycles. The highest BCUT2D eigenvalue weighted by atomic mass is 16.3. The number of carbonyl (C=O) groups is 1. The summed E-state index contributed by atoms with van der Waals surface area (Å²) >= 11 is 0. The third kappa shape index (κ3) is 3.07. The maximum atomic E-state index is 11.1. The third-order valence-electron chi connectivity index (χ3n) is 3.45. The maximum absolute atomic E-state index is 11.1. The normalized spacial score (nSPS) is 18.0. The van der Waals surface area contributed by atoms with Gasteiger partial charge < -0.3 is 10.4 Å². The SMILES string of the molecule is CC(=O)c1ccc(NCC2(O)CCCC2)cc1. The van der Waals surface area contributed by atoms with E-state index in [1.807, 2.05) is 24.3 Å². The van der Waals surface area contributed by atoms with Gasteiger partial charge in [-0.3, -0.25) is 4.79 Å². The van der Waals surface area contributed by atoms with Crippen LogP contribution in [0.1, 0.15) is 43.0 Å². The molecule has 1 aromatic carbocycles. The molecule has 1 fully saturated rings. The molecule has 0 atom stereocenters. The van der Waals surface area contributed by atoms with Crippen LogP contribution in [0.25, 0.3) is 0 Å². The Morgan fingerprint density at radius 2 is 1.88 bits per heavy atom. The van der Waals surface area contributed by atoms with Crippen molar-refractivity contribution in [3.8, 4) is 0 Å². The van der Waals surface area contributed by atoms with E-state index < -0.39 is 5.60 Å². The van der Waals surface area contributed by atoms with Gasteiger partial charge in [0, 0.05) is 17.8 Å². The quantitative estimate of drug-likeness (QED) is 0.786. The average Bonchev–Trinajstić information content (AvgIpc) is 2.75. The zero-order valence-electron chi connectivity index (χ0n) is 10.2. The summed E-state index contributed by atoms with van der Waals surface area (Å²) in [6, 6.07) is 7.39. The molecular weight excluding hydrogens is 214 g/mol. The van der Waals surface area contributed by atoms with Crippen LogP contribution in [0, 0.1) is 0 Å². The lowest BCUT2D eigenvalue weighted by Crippen LogP contribution is -2.33. The summed E-state index contributed by atoms with van der Waals surface area (Å²) in [5.41, 5.74) is 1.13. The van der Waals surface area contributed by atoms with Crippen LogP contribution in [0.5, 0.6) is 0 Å². The van der Waals surface area contributed by atoms with Gasteiger partial charge in [-0.15, -0.1) is 0 Å². The average molecular weight is 233 g/mol. The van der Waals surface area contributed by atoms with Gasteiger partial charge in [-0.05, 0) is 44.0 Å². The molecule has 3 nitrogen and oxygen atoms in total. The smallest absolute Gasteiger partial charge is 0.159 e. The molecule has 92 valence electrons. The number of ketones is 1. The zero-order valence-corrected chi connectivity index (χ0v) is 10.2. The molecule has 0 unspecified atom stereocenters. The summed E-state index contributed by atoms with van der Waals surface area (Å²) in [4.78, 5) is 11.1. The van der Waals surface area contributed by atoms with Crippen LogP contribution < -0.4 is 5.32 Å². The predicted octanol–water partition coefficient (Wildman–Crippen LogP) is 2.61. The summed E-state index contributed by atoms with van der Waals surface area (Å²) in [5.74, 6) is 0.0750. The summed E-state index contributed by atoms with van der Waals surface area (Å²) in [7, 11) is 0. The van der Waals surface area contributed by atoms with Crippen molar-refractivity contribution in [2.75, 3.05) is 11.9 Å². The van der Waals surface area contributed by atoms with E-state index >= 15 is 0 Å². The summed E-state index contributed by atoms with van der Waals surface area (Å²) in [5, 5.41) is 13.4. The minimum atomic E-state index is -0.542. The molecular formula is C14H19NO2. The van der Waals surface area contributed by atoms with Crippen LogP contribution in [-0.4, -0.2) is 23.0 Å². The molecule has 0 bridgehead atoms. The van der Waals surface area contributed by atoms with E-state index in [2.05, 4.69) is 5.32 Å². The molecule has 0 saturated heterocycles. The van der Waals surface area contributed by atoms with Gasteiger partial charge in [-0.1, -0.05) is 12.8 Å². The number of carbonyl (C=O) groups excluding carboxylic acids is 1. The molecule has 0 spiro atoms. The fourth-order valence-corrected chi connectivity index (χ4v) is 2.30. The van der Waals surface area contributed by atoms with E-state index in [0.29, 0.717) is 6.54 Å². The van der Waals surface area contributed by atoms with E-state index in [1.54, 1.807) is 6.92 Å². The first kappa shape index (κ1) is 12.1. The number of benzene rings is 1. The van der Waals surface area contributed by atoms with Crippen molar-refractivity contribution in [3.63, 3.8) is 0 Å². The van der Waals surface area contributed by atoms with E-state index in [4.69, 9.17) is 0 Å². The van der Waals surface area contributed by atoms with Crippen molar-refractivity contribution in [2.24, 2.45) is 0 Å². The van der Waals surface area contributed by atoms with Crippen LogP contribution in [0.2, 0.25) is 0 Å². The molecule has 0 amide bonds. The zero-order chi connectivity index (χ0) is 12.3. The lowest BCUT2D eigenvalue weighted by molar-refractivity contribution is 0.0614. The van der Waals surface area contributed by atoms with Crippen molar-refractivity contribution in [1.82, 2.24) is 0 Å². The van der Waals surface area contributed by atoms with Gasteiger partial charge in [-0.25, -0.2) is 0 Å². The number of Topliss-reactive ketones (excluding diaryl/α,β-unsaturated/α-hetero) is 1. The van der Waals surface area contributed by atoms with Crippen molar-refractivity contribution >= 4 is 11.5 Å². The Hall–Kier alpha value is -1.35. The van der Waals surface area contributed by atoms with Gasteiger partial charge in [0.15, 0.2) is 5.78 Å². The van der Waals surface area contributed by atoms with Gasteiger partial charge in [0.2, 0.25) is 0 Å². The summed E-state index contributed by atoms with van der Waals surface area (Å²) < 4.78 is 0. The van der Waals surface area contributed by atoms with E-state index in [-0.39, 0.29) is 5.78 Å². The molecule has 2 N–H and O–H groups in total. The predicted molar refractivity (Wildman–Crippen MR) is 68.4 cm³/mol. The largest absolute Gasteiger partial charge is 0.388 e. The van der Waals surface area contributed by atoms with Gasteiger partial charge in [0.1, 0.15) is 0 Å². The Morgan fingerprint density at radius 1 is 1.29 bits per heavy atom. The number of aliphatic hydroxyl groups is 1. The second-order valence-corrected chi connectivity index (χ2v) is 4.92. The molecule has 17 heavy (non-hydrogen) atoms. The highest BCUT2D eigenvalue weighted by Gasteiger charge is 2.30. The van der Waals surface area contributed by atoms with Crippen LogP contribution in [0.15, 0.2) is 24.3 Å². The molecule has 1 saturated carbocycles. The highest BCUT2D eigenvalue weighted by molar-refractivity contribution is 5.94. The first-order chi connectivity index (χ1) is 8.09. The lowest BCUT2D eigenvalue weighted by Gasteiger charge is -2.23. The maximum Gasteiger partial charge on any atom is 0.159 e. The molecule has 0 aromatic heterocycles. The van der Waals surface area contributed by atoms with Crippen LogP contribution in [0.4, 0.5) is 5.69 Å². The van der Waals surface area contributed by atoms with Crippen LogP contribution in [0.3, 0.4) is 0 Å². The second kappa shape index (κ2) is 4.88. The number of anilines is 1. The fourth-order valence-electron chi connectivity index (χ4n) is 2.30. The molecule has 1 aliphatic rings. The Balaban J connectivity index is 1.93. The minimum absolute atomic E-state index is 0.0750. The first-order valence-corrected chi connectivity index (χ1v) is 6.16. The van der Waals surface area contributed by atoms with Gasteiger partial charge >= 0.3 is 0 Å². The van der Waals surface area contributed by atoms with Crippen molar-refractivity contribution in [1.29, 1.82) is 0 Å². The Morgan fingerprint density at radius 3 is 2.41 bits per heavy atom. The van der Waals surface area contributed by atoms with Crippen LogP contribution in [-0.2, 0) is 0 Å². The van der Waals surface area contributed by atoms with Crippen molar-refractivity contribution < 1.29 is 9.90 Å².